The molecular formula is C50H43N3O2. The van der Waals surface area contributed by atoms with E-state index in [1.165, 1.54) is 11.1 Å². The summed E-state index contributed by atoms with van der Waals surface area (Å²) in [6.45, 7) is 10.8. The molecule has 0 bridgehead atoms. The van der Waals surface area contributed by atoms with Crippen LogP contribution >= 0.6 is 0 Å². The second-order valence-electron chi connectivity index (χ2n) is 15.0. The van der Waals surface area contributed by atoms with Gasteiger partial charge in [-0.15, -0.1) is 0 Å². The van der Waals surface area contributed by atoms with Gasteiger partial charge < -0.3 is 14.0 Å². The molecule has 2 heterocycles. The largest absolute Gasteiger partial charge is 0.457 e. The van der Waals surface area contributed by atoms with Crippen molar-refractivity contribution in [3.8, 4) is 73.5 Å². The Kier molecular flexibility index (Phi) is 9.61. The lowest BCUT2D eigenvalue weighted by atomic mass is 9.87. The summed E-state index contributed by atoms with van der Waals surface area (Å²) in [4.78, 5) is 9.41. The van der Waals surface area contributed by atoms with E-state index in [0.717, 1.165) is 55.9 Å². The summed E-state index contributed by atoms with van der Waals surface area (Å²) in [6, 6.07) is 52.2. The Morgan fingerprint density at radius 2 is 1.13 bits per heavy atom. The summed E-state index contributed by atoms with van der Waals surface area (Å²) in [5.41, 5.74) is 13.0. The first-order valence-corrected chi connectivity index (χ1v) is 18.6. The van der Waals surface area contributed by atoms with Gasteiger partial charge in [0.25, 0.3) is 0 Å². The summed E-state index contributed by atoms with van der Waals surface area (Å²) in [6.07, 6.45) is 5.74. The van der Waals surface area contributed by atoms with Crippen LogP contribution in [0.3, 0.4) is 0 Å². The van der Waals surface area contributed by atoms with Crippen LogP contribution in [-0.2, 0) is 5.41 Å². The van der Waals surface area contributed by atoms with Crippen molar-refractivity contribution in [2.75, 3.05) is 0 Å². The fourth-order valence-corrected chi connectivity index (χ4v) is 7.01. The van der Waals surface area contributed by atoms with Crippen LogP contribution in [0.5, 0.6) is 23.1 Å². The van der Waals surface area contributed by atoms with Crippen LogP contribution in [-0.4, -0.2) is 14.5 Å². The fourth-order valence-electron chi connectivity index (χ4n) is 7.01. The van der Waals surface area contributed by atoms with E-state index in [1.807, 2.05) is 55.0 Å². The molecule has 0 aliphatic heterocycles. The van der Waals surface area contributed by atoms with E-state index < -0.39 is 0 Å². The van der Waals surface area contributed by atoms with Crippen LogP contribution < -0.4 is 9.47 Å². The highest BCUT2D eigenvalue weighted by Gasteiger charge is 2.19. The van der Waals surface area contributed by atoms with Gasteiger partial charge in [0.1, 0.15) is 17.2 Å². The molecule has 0 unspecified atom stereocenters. The molecule has 0 aliphatic carbocycles. The summed E-state index contributed by atoms with van der Waals surface area (Å²) in [5.74, 6) is 2.53. The summed E-state index contributed by atoms with van der Waals surface area (Å²) < 4.78 is 15.2. The van der Waals surface area contributed by atoms with Gasteiger partial charge in [-0.3, -0.25) is 0 Å². The lowest BCUT2D eigenvalue weighted by Gasteiger charge is -2.21. The number of benzene rings is 6. The topological polar surface area (TPSA) is 49.2 Å². The third kappa shape index (κ3) is 7.97. The molecule has 2 aromatic heterocycles. The second-order valence-corrected chi connectivity index (χ2v) is 15.0. The third-order valence-electron chi connectivity index (χ3n) is 9.68. The molecule has 8 aromatic rings. The molecule has 0 saturated heterocycles. The minimum atomic E-state index is -0.158. The molecule has 6 aromatic carbocycles. The van der Waals surface area contributed by atoms with E-state index in [-0.39, 0.29) is 5.41 Å². The minimum Gasteiger partial charge on any atom is -0.457 e. The number of nitrogens with zero attached hydrogens (tertiary/aromatic N) is 3. The number of rotatable bonds is 9. The maximum Gasteiger partial charge on any atom is 0.219 e. The summed E-state index contributed by atoms with van der Waals surface area (Å²) in [7, 11) is 0. The van der Waals surface area contributed by atoms with Crippen molar-refractivity contribution in [3.63, 3.8) is 0 Å². The predicted octanol–water partition coefficient (Wildman–Crippen LogP) is 13.4. The van der Waals surface area contributed by atoms with Crippen molar-refractivity contribution >= 4 is 0 Å². The zero-order chi connectivity index (χ0) is 37.9. The first kappa shape index (κ1) is 35.3. The molecule has 55 heavy (non-hydrogen) atoms. The van der Waals surface area contributed by atoms with Gasteiger partial charge in [-0.1, -0.05) is 118 Å². The van der Waals surface area contributed by atoms with E-state index in [0.29, 0.717) is 23.1 Å². The highest BCUT2D eigenvalue weighted by Crippen LogP contribution is 2.42. The van der Waals surface area contributed by atoms with Crippen LogP contribution in [0, 0.1) is 13.8 Å². The molecule has 0 radical (unpaired) electrons. The molecule has 5 heteroatoms. The van der Waals surface area contributed by atoms with Crippen molar-refractivity contribution < 1.29 is 9.47 Å². The van der Waals surface area contributed by atoms with Crippen LogP contribution in [0.2, 0.25) is 0 Å². The molecule has 0 atom stereocenters. The maximum atomic E-state index is 6.60. The second kappa shape index (κ2) is 15.0. The monoisotopic (exact) mass is 717 g/mol. The number of hydrogen-bond donors (Lipinski definition) is 0. The Bertz CT molecular complexity index is 2520. The number of aryl methyl sites for hydroxylation is 2. The van der Waals surface area contributed by atoms with Crippen molar-refractivity contribution in [1.82, 2.24) is 14.5 Å². The van der Waals surface area contributed by atoms with Gasteiger partial charge in [-0.25, -0.2) is 9.97 Å². The normalized spacial score (nSPS) is 11.4. The molecule has 8 rings (SSSR count). The minimum absolute atomic E-state index is 0.158. The number of imidazole rings is 1. The maximum absolute atomic E-state index is 6.60. The Balaban J connectivity index is 1.11. The Morgan fingerprint density at radius 3 is 1.78 bits per heavy atom. The Labute approximate surface area is 323 Å². The molecule has 0 fully saturated rings. The average molecular weight is 718 g/mol. The summed E-state index contributed by atoms with van der Waals surface area (Å²) in [5, 5.41) is 0. The third-order valence-corrected chi connectivity index (χ3v) is 9.68. The van der Waals surface area contributed by atoms with Crippen molar-refractivity contribution in [3.05, 3.63) is 187 Å². The van der Waals surface area contributed by atoms with Gasteiger partial charge in [0.15, 0.2) is 0 Å². The SMILES string of the molecule is Cc1cc(C)cc(-n2cnc(-c3cccc(Oc4cc(Oc5cc(-c6c(-c7ccccc7)cccc6-c6ccccc6)ccn5)cc(C(C)(C)C)c4)c3)c2)c1. The Morgan fingerprint density at radius 1 is 0.509 bits per heavy atom. The van der Waals surface area contributed by atoms with Crippen molar-refractivity contribution in [2.24, 2.45) is 0 Å². The standard InChI is InChI=1S/C50H43N3O2/c1-34-24-35(2)26-41(25-34)53-32-47(52-33-53)38-18-12-19-42(27-38)54-43-29-40(50(3,4)5)30-44(31-43)55-48-28-39(22-23-51-48)49-45(36-14-8-6-9-15-36)20-13-21-46(49)37-16-10-7-11-17-37/h6-33H,1-5H3. The van der Waals surface area contributed by atoms with Gasteiger partial charge in [0.2, 0.25) is 5.88 Å². The summed E-state index contributed by atoms with van der Waals surface area (Å²) >= 11 is 0. The molecule has 0 spiro atoms. The first-order valence-electron chi connectivity index (χ1n) is 18.6. The van der Waals surface area contributed by atoms with Gasteiger partial charge in [0, 0.05) is 35.8 Å². The predicted molar refractivity (Wildman–Crippen MR) is 224 cm³/mol. The fraction of sp³-hybridized carbons (Fsp3) is 0.120. The van der Waals surface area contributed by atoms with Crippen LogP contribution in [0.15, 0.2) is 170 Å². The lowest BCUT2D eigenvalue weighted by Crippen LogP contribution is -2.11. The van der Waals surface area contributed by atoms with Gasteiger partial charge in [-0.05, 0) is 112 Å². The molecule has 0 amide bonds. The smallest absolute Gasteiger partial charge is 0.219 e. The van der Waals surface area contributed by atoms with Gasteiger partial charge >= 0.3 is 0 Å². The van der Waals surface area contributed by atoms with E-state index in [1.54, 1.807) is 0 Å². The molecule has 0 aliphatic rings. The van der Waals surface area contributed by atoms with Gasteiger partial charge in [0.05, 0.1) is 12.0 Å². The van der Waals surface area contributed by atoms with E-state index in [4.69, 9.17) is 14.5 Å². The number of ether oxygens (including phenoxy) is 2. The van der Waals surface area contributed by atoms with E-state index in [2.05, 4.69) is 160 Å². The average Bonchev–Trinajstić information content (AvgIpc) is 3.69. The van der Waals surface area contributed by atoms with Crippen LogP contribution in [0.1, 0.15) is 37.5 Å². The van der Waals surface area contributed by atoms with Crippen molar-refractivity contribution in [1.29, 1.82) is 0 Å². The van der Waals surface area contributed by atoms with Crippen LogP contribution in [0.4, 0.5) is 0 Å². The number of aromatic nitrogens is 3. The quantitative estimate of drug-likeness (QED) is 0.149. The highest BCUT2D eigenvalue weighted by atomic mass is 16.5. The number of pyridine rings is 1. The van der Waals surface area contributed by atoms with E-state index in [9.17, 15) is 0 Å². The first-order chi connectivity index (χ1) is 26.7. The molecule has 0 N–H and O–H groups in total. The zero-order valence-electron chi connectivity index (χ0n) is 31.8. The highest BCUT2D eigenvalue weighted by molar-refractivity contribution is 5.94. The molecule has 0 saturated carbocycles. The number of hydrogen-bond acceptors (Lipinski definition) is 4. The van der Waals surface area contributed by atoms with E-state index >= 15 is 0 Å². The van der Waals surface area contributed by atoms with Crippen molar-refractivity contribution in [2.45, 2.75) is 40.0 Å². The molecule has 270 valence electrons. The molecule has 5 nitrogen and oxygen atoms in total. The zero-order valence-corrected chi connectivity index (χ0v) is 31.8. The van der Waals surface area contributed by atoms with Crippen LogP contribution in [0.25, 0.3) is 50.3 Å². The lowest BCUT2D eigenvalue weighted by molar-refractivity contribution is 0.444. The van der Waals surface area contributed by atoms with Gasteiger partial charge in [-0.2, -0.15) is 0 Å². The Hall–Kier alpha value is -6.72. The molecular weight excluding hydrogens is 675 g/mol.